The highest BCUT2D eigenvalue weighted by atomic mass is 79.9. The number of anilines is 1. The molecule has 0 unspecified atom stereocenters. The van der Waals surface area contributed by atoms with E-state index in [0.29, 0.717) is 11.3 Å². The summed E-state index contributed by atoms with van der Waals surface area (Å²) < 4.78 is 26.7. The van der Waals surface area contributed by atoms with Gasteiger partial charge in [0.2, 0.25) is 5.91 Å². The van der Waals surface area contributed by atoms with Crippen molar-refractivity contribution in [2.24, 2.45) is 0 Å². The summed E-state index contributed by atoms with van der Waals surface area (Å²) in [5, 5.41) is 7.19. The number of rotatable bonds is 4. The van der Waals surface area contributed by atoms with E-state index in [9.17, 15) is 18.0 Å². The van der Waals surface area contributed by atoms with Gasteiger partial charge in [-0.3, -0.25) is 14.9 Å². The summed E-state index contributed by atoms with van der Waals surface area (Å²) in [6.07, 6.45) is 0. The number of nitrogens with one attached hydrogen (secondary N) is 3. The molecule has 0 saturated carbocycles. The molecule has 0 saturated heterocycles. The van der Waals surface area contributed by atoms with Crippen molar-refractivity contribution < 1.29 is 18.0 Å². The van der Waals surface area contributed by atoms with Crippen LogP contribution in [0.1, 0.15) is 17.3 Å². The molecule has 10 heteroatoms. The van der Waals surface area contributed by atoms with Crippen LogP contribution in [0, 0.1) is 0 Å². The summed E-state index contributed by atoms with van der Waals surface area (Å²) in [5.41, 5.74) is 0.942. The smallest absolute Gasteiger partial charge is 0.264 e. The van der Waals surface area contributed by atoms with Gasteiger partial charge in [0.1, 0.15) is 0 Å². The molecular formula is C20H16BrN3O4S2. The summed E-state index contributed by atoms with van der Waals surface area (Å²) >= 11 is 8.67. The predicted octanol–water partition coefficient (Wildman–Crippen LogP) is 3.55. The van der Waals surface area contributed by atoms with Crippen LogP contribution in [-0.2, 0) is 14.8 Å². The lowest BCUT2D eigenvalue weighted by Crippen LogP contribution is -2.34. The van der Waals surface area contributed by atoms with Gasteiger partial charge in [0.05, 0.1) is 4.90 Å². The van der Waals surface area contributed by atoms with E-state index in [1.807, 2.05) is 29.0 Å². The minimum atomic E-state index is -3.92. The summed E-state index contributed by atoms with van der Waals surface area (Å²) in [6, 6.07) is 16.6. The number of sulfonamides is 1. The second-order valence-corrected chi connectivity index (χ2v) is 9.18. The number of carbonyl (C=O) groups excluding carboxylic acids is 2. The van der Waals surface area contributed by atoms with Crippen molar-refractivity contribution in [3.05, 3.63) is 70.7 Å². The number of amides is 2. The molecule has 0 radical (unpaired) electrons. The lowest BCUT2D eigenvalue weighted by Gasteiger charge is -2.12. The van der Waals surface area contributed by atoms with E-state index >= 15 is 0 Å². The summed E-state index contributed by atoms with van der Waals surface area (Å²) in [7, 11) is -3.92. The quantitative estimate of drug-likeness (QED) is 0.468. The highest BCUT2D eigenvalue weighted by Crippen LogP contribution is 2.26. The maximum absolute atomic E-state index is 12.7. The van der Waals surface area contributed by atoms with Crippen LogP contribution in [0.25, 0.3) is 10.8 Å². The van der Waals surface area contributed by atoms with Gasteiger partial charge in [0, 0.05) is 22.6 Å². The van der Waals surface area contributed by atoms with Crippen molar-refractivity contribution in [2.45, 2.75) is 11.8 Å². The fraction of sp³-hybridized carbons (Fsp3) is 0.0500. The molecule has 0 spiro atoms. The maximum Gasteiger partial charge on any atom is 0.264 e. The Morgan fingerprint density at radius 2 is 1.57 bits per heavy atom. The standard InChI is InChI=1S/C20H16BrN3O4S2/c1-12(25)24-30(27,28)14-10-8-13(9-11-14)22-20(29)23-19(26)17-6-2-5-16-15(17)4-3-7-18(16)21/h2-11H,1H3,(H,24,25)(H2,22,23,26,29). The third kappa shape index (κ3) is 5.02. The van der Waals surface area contributed by atoms with Crippen molar-refractivity contribution in [3.8, 4) is 0 Å². The Bertz CT molecular complexity index is 1260. The molecule has 154 valence electrons. The van der Waals surface area contributed by atoms with E-state index < -0.39 is 15.9 Å². The van der Waals surface area contributed by atoms with Crippen LogP contribution in [-0.4, -0.2) is 25.3 Å². The van der Waals surface area contributed by atoms with Crippen LogP contribution in [0.5, 0.6) is 0 Å². The Kier molecular flexibility index (Phi) is 6.49. The number of fused-ring (bicyclic) bond motifs is 1. The summed E-state index contributed by atoms with van der Waals surface area (Å²) in [6.45, 7) is 1.11. The molecule has 0 atom stereocenters. The van der Waals surface area contributed by atoms with E-state index in [4.69, 9.17) is 12.2 Å². The first-order valence-corrected chi connectivity index (χ1v) is 11.3. The molecule has 3 aromatic carbocycles. The second-order valence-electron chi connectivity index (χ2n) is 6.23. The molecule has 0 heterocycles. The Balaban J connectivity index is 1.71. The zero-order valence-electron chi connectivity index (χ0n) is 15.6. The van der Waals surface area contributed by atoms with Crippen LogP contribution in [0.3, 0.4) is 0 Å². The van der Waals surface area contributed by atoms with Crippen LogP contribution in [0.15, 0.2) is 70.0 Å². The van der Waals surface area contributed by atoms with Crippen LogP contribution in [0.2, 0.25) is 0 Å². The van der Waals surface area contributed by atoms with Crippen molar-refractivity contribution in [3.63, 3.8) is 0 Å². The van der Waals surface area contributed by atoms with E-state index in [0.717, 1.165) is 22.2 Å². The van der Waals surface area contributed by atoms with Gasteiger partial charge in [-0.25, -0.2) is 13.1 Å². The maximum atomic E-state index is 12.7. The molecule has 3 N–H and O–H groups in total. The monoisotopic (exact) mass is 505 g/mol. The Labute approximate surface area is 187 Å². The average Bonchev–Trinajstić information content (AvgIpc) is 2.67. The van der Waals surface area contributed by atoms with Crippen molar-refractivity contribution >= 4 is 71.6 Å². The molecule has 0 aliphatic heterocycles. The SMILES string of the molecule is CC(=O)NS(=O)(=O)c1ccc(NC(=S)NC(=O)c2cccc3c(Br)cccc23)cc1. The third-order valence-corrected chi connectivity index (χ3v) is 6.39. The summed E-state index contributed by atoms with van der Waals surface area (Å²) in [5.74, 6) is -1.05. The number of benzene rings is 3. The third-order valence-electron chi connectivity index (χ3n) is 4.04. The van der Waals surface area contributed by atoms with Crippen LogP contribution < -0.4 is 15.4 Å². The normalized spacial score (nSPS) is 11.0. The van der Waals surface area contributed by atoms with E-state index in [1.54, 1.807) is 12.1 Å². The number of halogens is 1. The molecule has 0 bridgehead atoms. The number of carbonyl (C=O) groups is 2. The Morgan fingerprint density at radius 1 is 0.933 bits per heavy atom. The number of hydrogen-bond donors (Lipinski definition) is 3. The fourth-order valence-electron chi connectivity index (χ4n) is 2.77. The minimum absolute atomic E-state index is 0.0597. The van der Waals surface area contributed by atoms with Crippen molar-refractivity contribution in [2.75, 3.05) is 5.32 Å². The molecule has 0 aliphatic rings. The lowest BCUT2D eigenvalue weighted by atomic mass is 10.0. The van der Waals surface area contributed by atoms with Gasteiger partial charge in [-0.15, -0.1) is 0 Å². The highest BCUT2D eigenvalue weighted by Gasteiger charge is 2.16. The van der Waals surface area contributed by atoms with E-state index in [2.05, 4.69) is 26.6 Å². The molecule has 30 heavy (non-hydrogen) atoms. The van der Waals surface area contributed by atoms with Crippen LogP contribution >= 0.6 is 28.1 Å². The lowest BCUT2D eigenvalue weighted by molar-refractivity contribution is -0.117. The molecule has 0 fully saturated rings. The zero-order chi connectivity index (χ0) is 21.9. The first-order valence-electron chi connectivity index (χ1n) is 8.60. The first-order chi connectivity index (χ1) is 14.2. The van der Waals surface area contributed by atoms with Gasteiger partial charge in [-0.1, -0.05) is 40.2 Å². The first kappa shape index (κ1) is 21.9. The minimum Gasteiger partial charge on any atom is -0.332 e. The second kappa shape index (κ2) is 8.90. The average molecular weight is 506 g/mol. The van der Waals surface area contributed by atoms with Crippen molar-refractivity contribution in [1.82, 2.24) is 10.0 Å². The molecule has 0 aromatic heterocycles. The number of hydrogen-bond acceptors (Lipinski definition) is 5. The molecule has 2 amide bonds. The molecule has 0 aliphatic carbocycles. The summed E-state index contributed by atoms with van der Waals surface area (Å²) in [4.78, 5) is 23.6. The van der Waals surface area contributed by atoms with Gasteiger partial charge in [0.15, 0.2) is 5.11 Å². The zero-order valence-corrected chi connectivity index (χ0v) is 18.8. The van der Waals surface area contributed by atoms with Crippen molar-refractivity contribution in [1.29, 1.82) is 0 Å². The fourth-order valence-corrected chi connectivity index (χ4v) is 4.47. The Hall–Kier alpha value is -2.82. The highest BCUT2D eigenvalue weighted by molar-refractivity contribution is 9.10. The molecule has 3 rings (SSSR count). The molecular weight excluding hydrogens is 490 g/mol. The van der Waals surface area contributed by atoms with Gasteiger partial charge < -0.3 is 5.32 Å². The number of thiocarbonyl (C=S) groups is 1. The molecule has 3 aromatic rings. The van der Waals surface area contributed by atoms with Gasteiger partial charge in [-0.2, -0.15) is 0 Å². The van der Waals surface area contributed by atoms with E-state index in [1.165, 1.54) is 24.3 Å². The Morgan fingerprint density at radius 3 is 2.23 bits per heavy atom. The van der Waals surface area contributed by atoms with E-state index in [-0.39, 0.29) is 15.9 Å². The van der Waals surface area contributed by atoms with Gasteiger partial charge in [-0.05, 0) is 59.4 Å². The van der Waals surface area contributed by atoms with Crippen LogP contribution in [0.4, 0.5) is 5.69 Å². The topological polar surface area (TPSA) is 104 Å². The molecule has 7 nitrogen and oxygen atoms in total. The van der Waals surface area contributed by atoms with Gasteiger partial charge in [0.25, 0.3) is 15.9 Å². The predicted molar refractivity (Wildman–Crippen MR) is 123 cm³/mol. The van der Waals surface area contributed by atoms with Gasteiger partial charge >= 0.3 is 0 Å². The largest absolute Gasteiger partial charge is 0.332 e.